The molecule has 0 nitrogen and oxygen atoms in total. The van der Waals surface area contributed by atoms with E-state index in [0.717, 1.165) is 20.0 Å². The summed E-state index contributed by atoms with van der Waals surface area (Å²) in [5, 5.41) is 3.24. The van der Waals surface area contributed by atoms with Crippen molar-refractivity contribution in [1.29, 1.82) is 0 Å². The topological polar surface area (TPSA) is 0 Å². The number of hydrogen-bond acceptors (Lipinski definition) is 0. The lowest BCUT2D eigenvalue weighted by atomic mass is 10.1. The van der Waals surface area contributed by atoms with Gasteiger partial charge in [-0.25, -0.2) is 0 Å². The number of rotatable bonds is 2. The quantitative estimate of drug-likeness (QED) is 0.627. The lowest BCUT2D eigenvalue weighted by Gasteiger charge is -2.01. The van der Waals surface area contributed by atoms with E-state index < -0.39 is 0 Å². The van der Waals surface area contributed by atoms with Crippen LogP contribution in [0, 0.1) is 0 Å². The molecule has 0 aliphatic heterocycles. The Labute approximate surface area is 71.1 Å². The maximum Gasteiger partial charge on any atom is -0.0184 e. The van der Waals surface area contributed by atoms with E-state index in [1.54, 1.807) is 10.6 Å². The van der Waals surface area contributed by atoms with E-state index in [9.17, 15) is 0 Å². The van der Waals surface area contributed by atoms with Crippen molar-refractivity contribution in [3.05, 3.63) is 22.7 Å². The second-order valence-corrected chi connectivity index (χ2v) is 5.08. The van der Waals surface area contributed by atoms with Crippen molar-refractivity contribution in [1.82, 2.24) is 0 Å². The molecule has 0 saturated carbocycles. The fraction of sp³-hybridized carbons (Fsp3) is 0.600. The van der Waals surface area contributed by atoms with Gasteiger partial charge in [0.15, 0.2) is 0 Å². The zero-order chi connectivity index (χ0) is 8.43. The molecule has 0 aliphatic carbocycles. The van der Waals surface area contributed by atoms with Gasteiger partial charge in [0.05, 0.1) is 0 Å². The summed E-state index contributed by atoms with van der Waals surface area (Å²) in [5.74, 6) is 1.47. The minimum absolute atomic E-state index is 0.737. The zero-order valence-corrected chi connectivity index (χ0v) is 8.81. The summed E-state index contributed by atoms with van der Waals surface area (Å²) >= 11 is 0. The molecule has 0 aliphatic rings. The standard InChI is InChI=1S/C10H17P/c1-7(2)9-5-6-10(11-9)8(3)4/h5-8,11H,1-4H3. The average molecular weight is 168 g/mol. The fourth-order valence-electron chi connectivity index (χ4n) is 1.10. The molecule has 11 heavy (non-hydrogen) atoms. The fourth-order valence-corrected chi connectivity index (χ4v) is 2.35. The van der Waals surface area contributed by atoms with Crippen LogP contribution in [0.3, 0.4) is 0 Å². The van der Waals surface area contributed by atoms with Crippen molar-refractivity contribution in [2.45, 2.75) is 39.5 Å². The molecule has 0 saturated heterocycles. The van der Waals surface area contributed by atoms with E-state index >= 15 is 0 Å². The largest absolute Gasteiger partial charge is 0.133 e. The van der Waals surface area contributed by atoms with E-state index in [1.807, 2.05) is 0 Å². The molecule has 0 bridgehead atoms. The molecule has 1 aromatic rings. The molecule has 0 amide bonds. The first-order valence-corrected chi connectivity index (χ1v) is 5.30. The molecule has 1 heterocycles. The summed E-state index contributed by atoms with van der Waals surface area (Å²) in [5.41, 5.74) is 0. The molecule has 0 atom stereocenters. The third-order valence-electron chi connectivity index (χ3n) is 1.98. The average Bonchev–Trinajstić information content (AvgIpc) is 2.33. The van der Waals surface area contributed by atoms with Crippen LogP contribution in [0.2, 0.25) is 0 Å². The van der Waals surface area contributed by atoms with E-state index in [1.165, 1.54) is 0 Å². The predicted molar refractivity (Wildman–Crippen MR) is 54.1 cm³/mol. The third kappa shape index (κ3) is 2.10. The maximum atomic E-state index is 2.30. The summed E-state index contributed by atoms with van der Waals surface area (Å²) < 4.78 is 0. The van der Waals surface area contributed by atoms with Crippen LogP contribution in [-0.2, 0) is 0 Å². The van der Waals surface area contributed by atoms with E-state index in [2.05, 4.69) is 39.8 Å². The van der Waals surface area contributed by atoms with Crippen molar-refractivity contribution in [2.24, 2.45) is 0 Å². The van der Waals surface area contributed by atoms with E-state index in [-0.39, 0.29) is 0 Å². The van der Waals surface area contributed by atoms with Crippen LogP contribution in [0.15, 0.2) is 12.1 Å². The Morgan fingerprint density at radius 2 is 1.27 bits per heavy atom. The van der Waals surface area contributed by atoms with E-state index in [0.29, 0.717) is 0 Å². The van der Waals surface area contributed by atoms with Gasteiger partial charge in [-0.1, -0.05) is 39.8 Å². The first-order valence-electron chi connectivity index (χ1n) is 4.30. The Balaban J connectivity index is 2.82. The summed E-state index contributed by atoms with van der Waals surface area (Å²) in [7, 11) is 0.974. The SMILES string of the molecule is CC(C)c1ccc(C(C)C)[pH]1. The molecule has 0 radical (unpaired) electrons. The second kappa shape index (κ2) is 3.45. The highest BCUT2D eigenvalue weighted by atomic mass is 31.0. The van der Waals surface area contributed by atoms with Gasteiger partial charge in [-0.3, -0.25) is 0 Å². The maximum absolute atomic E-state index is 2.30. The summed E-state index contributed by atoms with van der Waals surface area (Å²) in [6.45, 7) is 9.10. The van der Waals surface area contributed by atoms with Gasteiger partial charge < -0.3 is 0 Å². The highest BCUT2D eigenvalue weighted by Crippen LogP contribution is 2.33. The van der Waals surface area contributed by atoms with Crippen LogP contribution < -0.4 is 0 Å². The lowest BCUT2D eigenvalue weighted by molar-refractivity contribution is 0.889. The summed E-state index contributed by atoms with van der Waals surface area (Å²) in [6.07, 6.45) is 0. The van der Waals surface area contributed by atoms with Crippen molar-refractivity contribution < 1.29 is 0 Å². The van der Waals surface area contributed by atoms with Gasteiger partial charge in [-0.05, 0) is 22.4 Å². The Bertz CT molecular complexity index is 198. The zero-order valence-electron chi connectivity index (χ0n) is 7.81. The monoisotopic (exact) mass is 168 g/mol. The minimum Gasteiger partial charge on any atom is -0.133 e. The van der Waals surface area contributed by atoms with Crippen molar-refractivity contribution in [3.8, 4) is 0 Å². The van der Waals surface area contributed by atoms with Gasteiger partial charge in [0.1, 0.15) is 0 Å². The van der Waals surface area contributed by atoms with Crippen LogP contribution in [-0.4, -0.2) is 0 Å². The smallest absolute Gasteiger partial charge is 0.0184 e. The van der Waals surface area contributed by atoms with Crippen LogP contribution in [0.1, 0.15) is 50.1 Å². The molecule has 0 aromatic carbocycles. The Hall–Kier alpha value is -0.220. The Morgan fingerprint density at radius 3 is 1.45 bits per heavy atom. The molecule has 0 unspecified atom stereocenters. The molecule has 0 spiro atoms. The second-order valence-electron chi connectivity index (χ2n) is 3.68. The summed E-state index contributed by atoms with van der Waals surface area (Å²) in [4.78, 5) is 0. The Morgan fingerprint density at radius 1 is 0.909 bits per heavy atom. The first kappa shape index (κ1) is 8.87. The van der Waals surface area contributed by atoms with Crippen LogP contribution >= 0.6 is 8.19 Å². The van der Waals surface area contributed by atoms with Crippen LogP contribution in [0.4, 0.5) is 0 Å². The molecule has 1 rings (SSSR count). The molecule has 0 N–H and O–H groups in total. The van der Waals surface area contributed by atoms with Crippen LogP contribution in [0.25, 0.3) is 0 Å². The lowest BCUT2D eigenvalue weighted by Crippen LogP contribution is -1.78. The summed E-state index contributed by atoms with van der Waals surface area (Å²) in [6, 6.07) is 4.61. The molecular weight excluding hydrogens is 151 g/mol. The molecule has 1 aromatic heterocycles. The van der Waals surface area contributed by atoms with Gasteiger partial charge >= 0.3 is 0 Å². The van der Waals surface area contributed by atoms with Crippen molar-refractivity contribution >= 4 is 8.19 Å². The Kier molecular flexibility index (Phi) is 2.78. The number of hydrogen-bond donors (Lipinski definition) is 0. The molecule has 1 heteroatoms. The van der Waals surface area contributed by atoms with Crippen LogP contribution in [0.5, 0.6) is 0 Å². The van der Waals surface area contributed by atoms with Gasteiger partial charge in [-0.15, -0.1) is 8.19 Å². The normalized spacial score (nSPS) is 11.5. The van der Waals surface area contributed by atoms with Gasteiger partial charge in [0, 0.05) is 0 Å². The van der Waals surface area contributed by atoms with Gasteiger partial charge in [-0.2, -0.15) is 0 Å². The minimum atomic E-state index is 0.737. The molecule has 0 fully saturated rings. The van der Waals surface area contributed by atoms with Gasteiger partial charge in [0.2, 0.25) is 0 Å². The first-order chi connectivity index (χ1) is 5.11. The molecule has 62 valence electrons. The van der Waals surface area contributed by atoms with E-state index in [4.69, 9.17) is 0 Å². The predicted octanol–water partition coefficient (Wildman–Crippen LogP) is 3.96. The highest BCUT2D eigenvalue weighted by molar-refractivity contribution is 7.32. The molecular formula is C10H17P. The van der Waals surface area contributed by atoms with Crippen molar-refractivity contribution in [2.75, 3.05) is 0 Å². The third-order valence-corrected chi connectivity index (χ3v) is 4.04. The highest BCUT2D eigenvalue weighted by Gasteiger charge is 2.04. The van der Waals surface area contributed by atoms with Gasteiger partial charge in [0.25, 0.3) is 0 Å². The van der Waals surface area contributed by atoms with Crippen molar-refractivity contribution in [3.63, 3.8) is 0 Å².